The summed E-state index contributed by atoms with van der Waals surface area (Å²) < 4.78 is 0. The summed E-state index contributed by atoms with van der Waals surface area (Å²) in [4.78, 5) is 0. The van der Waals surface area contributed by atoms with Gasteiger partial charge in [0.25, 0.3) is 0 Å². The van der Waals surface area contributed by atoms with Gasteiger partial charge in [0.1, 0.15) is 0 Å². The van der Waals surface area contributed by atoms with Crippen LogP contribution in [0.4, 0.5) is 5.69 Å². The van der Waals surface area contributed by atoms with Gasteiger partial charge in [-0.05, 0) is 56.2 Å². The number of rotatable bonds is 4. The molecule has 0 aliphatic heterocycles. The lowest BCUT2D eigenvalue weighted by Crippen LogP contribution is -2.26. The van der Waals surface area contributed by atoms with Crippen LogP contribution < -0.4 is 5.32 Å². The zero-order chi connectivity index (χ0) is 13.7. The second-order valence-corrected chi connectivity index (χ2v) is 5.79. The molecule has 1 saturated carbocycles. The topological polar surface area (TPSA) is 35.8 Å². The first kappa shape index (κ1) is 13.9. The Labute approximate surface area is 116 Å². The fraction of sp³-hybridized carbons (Fsp3) is 0.588. The SMILES string of the molecule is CCCC1CCC(Nc2cc(C#N)ccc2C)CC1. The van der Waals surface area contributed by atoms with E-state index in [0.29, 0.717) is 6.04 Å². The molecule has 1 aliphatic rings. The Morgan fingerprint density at radius 1 is 1.26 bits per heavy atom. The zero-order valence-corrected chi connectivity index (χ0v) is 12.1. The van der Waals surface area contributed by atoms with Crippen molar-refractivity contribution in [3.05, 3.63) is 29.3 Å². The van der Waals surface area contributed by atoms with Crippen molar-refractivity contribution in [1.29, 1.82) is 5.26 Å². The molecule has 2 heteroatoms. The molecule has 1 aliphatic carbocycles. The van der Waals surface area contributed by atoms with Crippen molar-refractivity contribution in [2.75, 3.05) is 5.32 Å². The third-order valence-corrected chi connectivity index (χ3v) is 4.27. The third kappa shape index (κ3) is 3.73. The maximum absolute atomic E-state index is 8.97. The van der Waals surface area contributed by atoms with Crippen LogP contribution >= 0.6 is 0 Å². The standard InChI is InChI=1S/C17H24N2/c1-3-4-14-7-9-16(10-8-14)19-17-11-15(12-18)6-5-13(17)2/h5-6,11,14,16,19H,3-4,7-10H2,1-2H3. The van der Waals surface area contributed by atoms with Gasteiger partial charge in [-0.1, -0.05) is 25.8 Å². The highest BCUT2D eigenvalue weighted by atomic mass is 14.9. The van der Waals surface area contributed by atoms with Gasteiger partial charge in [0.05, 0.1) is 11.6 Å². The Morgan fingerprint density at radius 2 is 2.00 bits per heavy atom. The number of anilines is 1. The number of benzene rings is 1. The van der Waals surface area contributed by atoms with E-state index in [0.717, 1.165) is 17.2 Å². The molecule has 0 bridgehead atoms. The van der Waals surface area contributed by atoms with E-state index in [4.69, 9.17) is 5.26 Å². The van der Waals surface area contributed by atoms with Crippen LogP contribution in [0.3, 0.4) is 0 Å². The van der Waals surface area contributed by atoms with E-state index < -0.39 is 0 Å². The van der Waals surface area contributed by atoms with Gasteiger partial charge < -0.3 is 5.32 Å². The van der Waals surface area contributed by atoms with E-state index in [2.05, 4.69) is 25.2 Å². The molecule has 0 unspecified atom stereocenters. The molecule has 19 heavy (non-hydrogen) atoms. The second kappa shape index (κ2) is 6.61. The smallest absolute Gasteiger partial charge is 0.0992 e. The van der Waals surface area contributed by atoms with Crippen LogP contribution in [0.15, 0.2) is 18.2 Å². The summed E-state index contributed by atoms with van der Waals surface area (Å²) >= 11 is 0. The molecule has 2 nitrogen and oxygen atoms in total. The Morgan fingerprint density at radius 3 is 2.63 bits per heavy atom. The summed E-state index contributed by atoms with van der Waals surface area (Å²) in [5, 5.41) is 12.6. The zero-order valence-electron chi connectivity index (χ0n) is 12.1. The van der Waals surface area contributed by atoms with Gasteiger partial charge in [0.2, 0.25) is 0 Å². The summed E-state index contributed by atoms with van der Waals surface area (Å²) in [6, 6.07) is 8.70. The lowest BCUT2D eigenvalue weighted by molar-refractivity contribution is 0.319. The third-order valence-electron chi connectivity index (χ3n) is 4.27. The number of nitrogens with one attached hydrogen (secondary N) is 1. The van der Waals surface area contributed by atoms with Crippen LogP contribution in [0.25, 0.3) is 0 Å². The van der Waals surface area contributed by atoms with Gasteiger partial charge in [-0.15, -0.1) is 0 Å². The number of hydrogen-bond donors (Lipinski definition) is 1. The van der Waals surface area contributed by atoms with E-state index in [1.54, 1.807) is 0 Å². The van der Waals surface area contributed by atoms with Gasteiger partial charge in [0, 0.05) is 11.7 Å². The Bertz CT molecular complexity index is 451. The minimum atomic E-state index is 0.584. The first-order valence-corrected chi connectivity index (χ1v) is 7.50. The molecule has 1 aromatic rings. The van der Waals surface area contributed by atoms with Gasteiger partial charge >= 0.3 is 0 Å². The van der Waals surface area contributed by atoms with Crippen LogP contribution in [0.2, 0.25) is 0 Å². The molecule has 0 aromatic heterocycles. The normalized spacial score (nSPS) is 22.8. The van der Waals surface area contributed by atoms with Gasteiger partial charge in [-0.2, -0.15) is 5.26 Å². The van der Waals surface area contributed by atoms with E-state index in [9.17, 15) is 0 Å². The number of aryl methyl sites for hydroxylation is 1. The first-order chi connectivity index (χ1) is 9.22. The van der Waals surface area contributed by atoms with Crippen LogP contribution in [0, 0.1) is 24.2 Å². The molecule has 0 amide bonds. The van der Waals surface area contributed by atoms with E-state index in [1.165, 1.54) is 44.1 Å². The maximum atomic E-state index is 8.97. The van der Waals surface area contributed by atoms with Gasteiger partial charge in [-0.3, -0.25) is 0 Å². The minimum absolute atomic E-state index is 0.584. The van der Waals surface area contributed by atoms with Crippen molar-refractivity contribution in [3.8, 4) is 6.07 Å². The van der Waals surface area contributed by atoms with Crippen molar-refractivity contribution in [2.45, 2.75) is 58.4 Å². The van der Waals surface area contributed by atoms with Crippen molar-refractivity contribution < 1.29 is 0 Å². The van der Waals surface area contributed by atoms with Crippen LogP contribution in [-0.4, -0.2) is 6.04 Å². The largest absolute Gasteiger partial charge is 0.382 e. The van der Waals surface area contributed by atoms with Gasteiger partial charge in [-0.25, -0.2) is 0 Å². The van der Waals surface area contributed by atoms with E-state index in [-0.39, 0.29) is 0 Å². The summed E-state index contributed by atoms with van der Waals surface area (Å²) in [6.07, 6.45) is 7.93. The van der Waals surface area contributed by atoms with E-state index in [1.807, 2.05) is 18.2 Å². The molecule has 102 valence electrons. The Balaban J connectivity index is 1.94. The molecule has 1 fully saturated rings. The average molecular weight is 256 g/mol. The van der Waals surface area contributed by atoms with Crippen LogP contribution in [0.1, 0.15) is 56.6 Å². The highest BCUT2D eigenvalue weighted by Crippen LogP contribution is 2.30. The van der Waals surface area contributed by atoms with E-state index >= 15 is 0 Å². The molecule has 0 radical (unpaired) electrons. The number of nitrogens with zero attached hydrogens (tertiary/aromatic N) is 1. The second-order valence-electron chi connectivity index (χ2n) is 5.79. The van der Waals surface area contributed by atoms with Gasteiger partial charge in [0.15, 0.2) is 0 Å². The minimum Gasteiger partial charge on any atom is -0.382 e. The summed E-state index contributed by atoms with van der Waals surface area (Å²) in [6.45, 7) is 4.38. The van der Waals surface area contributed by atoms with Crippen molar-refractivity contribution in [2.24, 2.45) is 5.92 Å². The lowest BCUT2D eigenvalue weighted by atomic mass is 9.83. The van der Waals surface area contributed by atoms with Crippen molar-refractivity contribution in [3.63, 3.8) is 0 Å². The fourth-order valence-corrected chi connectivity index (χ4v) is 3.07. The lowest BCUT2D eigenvalue weighted by Gasteiger charge is -2.30. The monoisotopic (exact) mass is 256 g/mol. The highest BCUT2D eigenvalue weighted by Gasteiger charge is 2.20. The molecule has 0 saturated heterocycles. The molecular weight excluding hydrogens is 232 g/mol. The quantitative estimate of drug-likeness (QED) is 0.852. The van der Waals surface area contributed by atoms with Crippen LogP contribution in [0.5, 0.6) is 0 Å². The molecule has 1 N–H and O–H groups in total. The highest BCUT2D eigenvalue weighted by molar-refractivity contribution is 5.55. The summed E-state index contributed by atoms with van der Waals surface area (Å²) in [7, 11) is 0. The molecular formula is C17H24N2. The fourth-order valence-electron chi connectivity index (χ4n) is 3.07. The first-order valence-electron chi connectivity index (χ1n) is 7.50. The molecule has 1 aromatic carbocycles. The maximum Gasteiger partial charge on any atom is 0.0992 e. The predicted molar refractivity (Wildman–Crippen MR) is 80.2 cm³/mol. The Hall–Kier alpha value is -1.49. The van der Waals surface area contributed by atoms with Crippen molar-refractivity contribution >= 4 is 5.69 Å². The predicted octanol–water partition coefficient (Wildman–Crippen LogP) is 4.64. The number of nitriles is 1. The molecule has 0 atom stereocenters. The van der Waals surface area contributed by atoms with Crippen LogP contribution in [-0.2, 0) is 0 Å². The Kier molecular flexibility index (Phi) is 4.85. The average Bonchev–Trinajstić information content (AvgIpc) is 2.44. The summed E-state index contributed by atoms with van der Waals surface area (Å²) in [5.74, 6) is 0.939. The molecule has 0 spiro atoms. The number of hydrogen-bond acceptors (Lipinski definition) is 2. The molecule has 0 heterocycles. The molecule has 2 rings (SSSR count). The van der Waals surface area contributed by atoms with Crippen molar-refractivity contribution in [1.82, 2.24) is 0 Å². The summed E-state index contributed by atoms with van der Waals surface area (Å²) in [5.41, 5.74) is 3.11.